The molecule has 0 atom stereocenters. The van der Waals surface area contributed by atoms with Gasteiger partial charge in [-0.05, 0) is 30.5 Å². The highest BCUT2D eigenvalue weighted by Crippen LogP contribution is 2.25. The first-order valence-corrected chi connectivity index (χ1v) is 5.80. The smallest absolute Gasteiger partial charge is 0.223 e. The molecule has 0 aliphatic heterocycles. The van der Waals surface area contributed by atoms with Crippen LogP contribution in [-0.4, -0.2) is 11.9 Å². The van der Waals surface area contributed by atoms with E-state index in [4.69, 9.17) is 17.3 Å². The summed E-state index contributed by atoms with van der Waals surface area (Å²) < 4.78 is 0. The number of halogens is 1. The van der Waals surface area contributed by atoms with Crippen molar-refractivity contribution >= 4 is 17.5 Å². The average Bonchev–Trinajstić information content (AvgIpc) is 2.24. The van der Waals surface area contributed by atoms with Gasteiger partial charge in [-0.2, -0.15) is 0 Å². The molecule has 3 nitrogen and oxygen atoms in total. The van der Waals surface area contributed by atoms with Crippen LogP contribution < -0.4 is 11.1 Å². The van der Waals surface area contributed by atoms with Gasteiger partial charge >= 0.3 is 0 Å². The van der Waals surface area contributed by atoms with Gasteiger partial charge in [-0.1, -0.05) is 23.7 Å². The number of carbonyl (C=O) groups is 1. The molecule has 1 aliphatic rings. The van der Waals surface area contributed by atoms with Gasteiger partial charge in [0.05, 0.1) is 0 Å². The Morgan fingerprint density at radius 3 is 2.56 bits per heavy atom. The van der Waals surface area contributed by atoms with Gasteiger partial charge in [0.15, 0.2) is 0 Å². The molecular formula is C12H15ClN2O. The second-order valence-electron chi connectivity index (χ2n) is 4.27. The summed E-state index contributed by atoms with van der Waals surface area (Å²) in [5.41, 5.74) is 6.69. The van der Waals surface area contributed by atoms with E-state index in [1.54, 1.807) is 0 Å². The van der Waals surface area contributed by atoms with Crippen molar-refractivity contribution in [2.45, 2.75) is 25.4 Å². The van der Waals surface area contributed by atoms with Crippen LogP contribution in [0.5, 0.6) is 0 Å². The predicted octanol–water partition coefficient (Wildman–Crippen LogP) is 1.69. The minimum atomic E-state index is 0.108. The van der Waals surface area contributed by atoms with Crippen LogP contribution in [-0.2, 0) is 11.3 Å². The first-order valence-electron chi connectivity index (χ1n) is 5.43. The van der Waals surface area contributed by atoms with Gasteiger partial charge in [-0.3, -0.25) is 4.79 Å². The van der Waals surface area contributed by atoms with Gasteiger partial charge in [0.1, 0.15) is 0 Å². The van der Waals surface area contributed by atoms with Crippen molar-refractivity contribution in [2.75, 3.05) is 0 Å². The molecule has 0 unspecified atom stereocenters. The third-order valence-electron chi connectivity index (χ3n) is 2.93. The molecule has 4 heteroatoms. The summed E-state index contributed by atoms with van der Waals surface area (Å²) in [6.07, 6.45) is 1.62. The molecule has 1 aliphatic carbocycles. The number of rotatable bonds is 3. The lowest BCUT2D eigenvalue weighted by atomic mass is 9.80. The Hall–Kier alpha value is -1.06. The van der Waals surface area contributed by atoms with E-state index in [2.05, 4.69) is 5.32 Å². The fourth-order valence-corrected chi connectivity index (χ4v) is 1.94. The second-order valence-corrected chi connectivity index (χ2v) is 4.71. The lowest BCUT2D eigenvalue weighted by Crippen LogP contribution is -2.44. The van der Waals surface area contributed by atoms with Crippen LogP contribution >= 0.6 is 11.6 Å². The molecule has 0 spiro atoms. The van der Waals surface area contributed by atoms with E-state index in [1.165, 1.54) is 0 Å². The highest BCUT2D eigenvalue weighted by atomic mass is 35.5. The predicted molar refractivity (Wildman–Crippen MR) is 64.0 cm³/mol. The van der Waals surface area contributed by atoms with Crippen molar-refractivity contribution in [3.63, 3.8) is 0 Å². The van der Waals surface area contributed by atoms with E-state index in [0.717, 1.165) is 18.4 Å². The van der Waals surface area contributed by atoms with E-state index >= 15 is 0 Å². The summed E-state index contributed by atoms with van der Waals surface area (Å²) in [5.74, 6) is 0.221. The molecule has 3 N–H and O–H groups in total. The fraction of sp³-hybridized carbons (Fsp3) is 0.417. The van der Waals surface area contributed by atoms with E-state index in [-0.39, 0.29) is 17.9 Å². The van der Waals surface area contributed by atoms with Gasteiger partial charge in [-0.15, -0.1) is 0 Å². The third-order valence-corrected chi connectivity index (χ3v) is 3.18. The Morgan fingerprint density at radius 2 is 2.00 bits per heavy atom. The zero-order chi connectivity index (χ0) is 11.5. The molecule has 0 radical (unpaired) electrons. The summed E-state index contributed by atoms with van der Waals surface area (Å²) in [4.78, 5) is 11.6. The standard InChI is InChI=1S/C12H15ClN2O/c13-10-3-1-8(2-4-10)7-15-12(16)9-5-11(14)6-9/h1-4,9,11H,5-7,14H2,(H,15,16). The lowest BCUT2D eigenvalue weighted by Gasteiger charge is -2.31. The Kier molecular flexibility index (Phi) is 3.46. The number of benzene rings is 1. The maximum atomic E-state index is 11.6. The summed E-state index contributed by atoms with van der Waals surface area (Å²) in [5, 5.41) is 3.61. The third kappa shape index (κ3) is 2.74. The average molecular weight is 239 g/mol. The van der Waals surface area contributed by atoms with E-state index in [0.29, 0.717) is 11.6 Å². The maximum absolute atomic E-state index is 11.6. The van der Waals surface area contributed by atoms with Gasteiger partial charge in [0, 0.05) is 23.5 Å². The normalized spacial score (nSPS) is 23.6. The fourth-order valence-electron chi connectivity index (χ4n) is 1.81. The van der Waals surface area contributed by atoms with Crippen LogP contribution in [0.4, 0.5) is 0 Å². The monoisotopic (exact) mass is 238 g/mol. The van der Waals surface area contributed by atoms with Crippen molar-refractivity contribution in [2.24, 2.45) is 11.7 Å². The molecule has 0 aromatic heterocycles. The zero-order valence-electron chi connectivity index (χ0n) is 8.95. The minimum Gasteiger partial charge on any atom is -0.352 e. The van der Waals surface area contributed by atoms with Crippen LogP contribution in [0.2, 0.25) is 5.02 Å². The Morgan fingerprint density at radius 1 is 1.38 bits per heavy atom. The molecular weight excluding hydrogens is 224 g/mol. The summed E-state index contributed by atoms with van der Waals surface area (Å²) in [6.45, 7) is 0.557. The minimum absolute atomic E-state index is 0.108. The van der Waals surface area contributed by atoms with Crippen molar-refractivity contribution in [1.82, 2.24) is 5.32 Å². The number of hydrogen-bond donors (Lipinski definition) is 2. The van der Waals surface area contributed by atoms with E-state index in [1.807, 2.05) is 24.3 Å². The second kappa shape index (κ2) is 4.85. The molecule has 0 saturated heterocycles. The number of amides is 1. The number of nitrogens with two attached hydrogens (primary N) is 1. The topological polar surface area (TPSA) is 55.1 Å². The first kappa shape index (κ1) is 11.4. The maximum Gasteiger partial charge on any atom is 0.223 e. The number of hydrogen-bond acceptors (Lipinski definition) is 2. The highest BCUT2D eigenvalue weighted by Gasteiger charge is 2.31. The summed E-state index contributed by atoms with van der Waals surface area (Å²) in [7, 11) is 0. The Labute approximate surface area is 100.0 Å². The SMILES string of the molecule is NC1CC(C(=O)NCc2ccc(Cl)cc2)C1. The molecule has 0 bridgehead atoms. The van der Waals surface area contributed by atoms with Crippen molar-refractivity contribution in [3.05, 3.63) is 34.9 Å². The van der Waals surface area contributed by atoms with E-state index < -0.39 is 0 Å². The molecule has 16 heavy (non-hydrogen) atoms. The lowest BCUT2D eigenvalue weighted by molar-refractivity contribution is -0.128. The van der Waals surface area contributed by atoms with Gasteiger partial charge < -0.3 is 11.1 Å². The van der Waals surface area contributed by atoms with Gasteiger partial charge in [-0.25, -0.2) is 0 Å². The Bertz CT molecular complexity index is 371. The molecule has 1 aromatic rings. The van der Waals surface area contributed by atoms with Crippen LogP contribution in [0.1, 0.15) is 18.4 Å². The van der Waals surface area contributed by atoms with Crippen molar-refractivity contribution < 1.29 is 4.79 Å². The van der Waals surface area contributed by atoms with Crippen molar-refractivity contribution in [3.8, 4) is 0 Å². The van der Waals surface area contributed by atoms with Crippen LogP contribution in [0, 0.1) is 5.92 Å². The Balaban J connectivity index is 1.79. The van der Waals surface area contributed by atoms with E-state index in [9.17, 15) is 4.79 Å². The largest absolute Gasteiger partial charge is 0.352 e. The zero-order valence-corrected chi connectivity index (χ0v) is 9.70. The molecule has 0 heterocycles. The van der Waals surface area contributed by atoms with Crippen LogP contribution in [0.3, 0.4) is 0 Å². The highest BCUT2D eigenvalue weighted by molar-refractivity contribution is 6.30. The molecule has 1 amide bonds. The summed E-state index contributed by atoms with van der Waals surface area (Å²) in [6, 6.07) is 7.68. The molecule has 86 valence electrons. The first-order chi connectivity index (χ1) is 7.65. The molecule has 1 saturated carbocycles. The quantitative estimate of drug-likeness (QED) is 0.842. The van der Waals surface area contributed by atoms with Crippen LogP contribution in [0.15, 0.2) is 24.3 Å². The summed E-state index contributed by atoms with van der Waals surface area (Å²) >= 11 is 5.77. The van der Waals surface area contributed by atoms with Gasteiger partial charge in [0.25, 0.3) is 0 Å². The number of nitrogens with one attached hydrogen (secondary N) is 1. The van der Waals surface area contributed by atoms with Gasteiger partial charge in [0.2, 0.25) is 5.91 Å². The number of carbonyl (C=O) groups excluding carboxylic acids is 1. The molecule has 1 aromatic carbocycles. The molecule has 2 rings (SSSR count). The van der Waals surface area contributed by atoms with Crippen molar-refractivity contribution in [1.29, 1.82) is 0 Å². The molecule has 1 fully saturated rings. The van der Waals surface area contributed by atoms with Crippen LogP contribution in [0.25, 0.3) is 0 Å².